The topological polar surface area (TPSA) is 78.7 Å². The van der Waals surface area contributed by atoms with Crippen molar-refractivity contribution in [3.05, 3.63) is 68.6 Å². The summed E-state index contributed by atoms with van der Waals surface area (Å²) in [4.78, 5) is 6.49. The maximum absolute atomic E-state index is 10.5. The number of aliphatic hydroxyl groups excluding tert-OH is 1. The molecule has 2 aliphatic heterocycles. The van der Waals surface area contributed by atoms with Crippen LogP contribution in [0.3, 0.4) is 0 Å². The minimum absolute atomic E-state index is 0.174. The number of thiazole rings is 1. The fourth-order valence-electron chi connectivity index (χ4n) is 3.39. The molecular formula is C21H16BrN3O3S. The van der Waals surface area contributed by atoms with E-state index in [1.165, 1.54) is 11.3 Å². The first-order valence-electron chi connectivity index (χ1n) is 8.95. The van der Waals surface area contributed by atoms with Gasteiger partial charge < -0.3 is 19.5 Å². The molecule has 2 N–H and O–H groups in total. The zero-order chi connectivity index (χ0) is 20.0. The molecule has 6 nitrogen and oxygen atoms in total. The van der Waals surface area contributed by atoms with Crippen LogP contribution in [0.5, 0.6) is 11.5 Å². The van der Waals surface area contributed by atoms with Crippen LogP contribution in [0.4, 0.5) is 0 Å². The Morgan fingerprint density at radius 2 is 1.93 bits per heavy atom. The van der Waals surface area contributed by atoms with Gasteiger partial charge in [-0.2, -0.15) is 0 Å². The smallest absolute Gasteiger partial charge is 0.231 e. The average molecular weight is 470 g/mol. The third-order valence-electron chi connectivity index (χ3n) is 4.85. The Labute approximate surface area is 179 Å². The van der Waals surface area contributed by atoms with Crippen molar-refractivity contribution in [1.82, 2.24) is 9.88 Å². The molecular weight excluding hydrogens is 454 g/mol. The Hall–Kier alpha value is -2.84. The van der Waals surface area contributed by atoms with Gasteiger partial charge in [-0.05, 0) is 29.8 Å². The summed E-state index contributed by atoms with van der Waals surface area (Å²) < 4.78 is 11.8. The summed E-state index contributed by atoms with van der Waals surface area (Å²) in [6, 6.07) is 13.7. The van der Waals surface area contributed by atoms with Crippen molar-refractivity contribution >= 4 is 38.7 Å². The molecule has 8 heteroatoms. The van der Waals surface area contributed by atoms with E-state index in [-0.39, 0.29) is 24.9 Å². The van der Waals surface area contributed by atoms with Gasteiger partial charge in [0.2, 0.25) is 6.79 Å². The quantitative estimate of drug-likeness (QED) is 0.557. The van der Waals surface area contributed by atoms with Crippen molar-refractivity contribution in [3.8, 4) is 22.8 Å². The number of amidine groups is 1. The second-order valence-electron chi connectivity index (χ2n) is 6.76. The lowest BCUT2D eigenvalue weighted by molar-refractivity contribution is 0.174. The number of hydrogen-bond donors (Lipinski definition) is 2. The Kier molecular flexibility index (Phi) is 4.52. The Morgan fingerprint density at radius 1 is 1.14 bits per heavy atom. The van der Waals surface area contributed by atoms with E-state index in [9.17, 15) is 5.11 Å². The van der Waals surface area contributed by atoms with E-state index in [1.807, 2.05) is 52.7 Å². The molecule has 0 amide bonds. The molecule has 0 radical (unpaired) electrons. The fraction of sp³-hybridized carbons (Fsp3) is 0.143. The van der Waals surface area contributed by atoms with Gasteiger partial charge in [-0.3, -0.25) is 5.41 Å². The van der Waals surface area contributed by atoms with E-state index in [4.69, 9.17) is 14.9 Å². The van der Waals surface area contributed by atoms with E-state index in [0.717, 1.165) is 27.0 Å². The highest BCUT2D eigenvalue weighted by molar-refractivity contribution is 9.10. The number of rotatable bonds is 4. The van der Waals surface area contributed by atoms with Crippen LogP contribution < -0.4 is 9.47 Å². The van der Waals surface area contributed by atoms with Gasteiger partial charge in [0.05, 0.1) is 17.8 Å². The number of ether oxygens (including phenoxy) is 2. The number of hydrogen-bond acceptors (Lipinski definition) is 6. The lowest BCUT2D eigenvalue weighted by Gasteiger charge is -2.18. The zero-order valence-electron chi connectivity index (χ0n) is 15.2. The molecule has 0 saturated heterocycles. The third-order valence-corrected chi connectivity index (χ3v) is 6.24. The van der Waals surface area contributed by atoms with E-state index < -0.39 is 0 Å². The lowest BCUT2D eigenvalue weighted by Crippen LogP contribution is -2.26. The fourth-order valence-corrected chi connectivity index (χ4v) is 4.55. The largest absolute Gasteiger partial charge is 0.510 e. The Balaban J connectivity index is 1.36. The molecule has 3 aromatic rings. The van der Waals surface area contributed by atoms with Crippen LogP contribution in [0.1, 0.15) is 10.6 Å². The number of aromatic nitrogens is 1. The molecule has 0 atom stereocenters. The highest BCUT2D eigenvalue weighted by atomic mass is 79.9. The van der Waals surface area contributed by atoms with Gasteiger partial charge in [0.1, 0.15) is 16.6 Å². The molecule has 0 aliphatic carbocycles. The van der Waals surface area contributed by atoms with Crippen molar-refractivity contribution in [2.75, 3.05) is 13.3 Å². The Morgan fingerprint density at radius 3 is 2.76 bits per heavy atom. The van der Waals surface area contributed by atoms with Crippen LogP contribution in [0, 0.1) is 5.41 Å². The molecule has 0 unspecified atom stereocenters. The van der Waals surface area contributed by atoms with Gasteiger partial charge in [0, 0.05) is 22.0 Å². The average Bonchev–Trinajstić information content (AvgIpc) is 3.42. The van der Waals surface area contributed by atoms with Gasteiger partial charge in [-0.15, -0.1) is 11.3 Å². The van der Waals surface area contributed by atoms with Crippen molar-refractivity contribution in [3.63, 3.8) is 0 Å². The van der Waals surface area contributed by atoms with Gasteiger partial charge in [-0.25, -0.2) is 4.98 Å². The predicted molar refractivity (Wildman–Crippen MR) is 116 cm³/mol. The summed E-state index contributed by atoms with van der Waals surface area (Å²) in [5, 5.41) is 21.7. The zero-order valence-corrected chi connectivity index (χ0v) is 17.6. The summed E-state index contributed by atoms with van der Waals surface area (Å²) in [6.45, 7) is 1.01. The number of nitrogens with zero attached hydrogens (tertiary/aromatic N) is 2. The van der Waals surface area contributed by atoms with Crippen LogP contribution >= 0.6 is 27.3 Å². The van der Waals surface area contributed by atoms with Crippen molar-refractivity contribution in [2.45, 2.75) is 6.54 Å². The predicted octanol–water partition coefficient (Wildman–Crippen LogP) is 5.06. The van der Waals surface area contributed by atoms with Gasteiger partial charge >= 0.3 is 0 Å². The lowest BCUT2D eigenvalue weighted by atomic mass is 10.2. The molecule has 0 bridgehead atoms. The Bertz CT molecular complexity index is 1140. The van der Waals surface area contributed by atoms with Gasteiger partial charge in [0.15, 0.2) is 11.5 Å². The highest BCUT2D eigenvalue weighted by Crippen LogP contribution is 2.35. The first-order chi connectivity index (χ1) is 14.1. The molecule has 3 heterocycles. The summed E-state index contributed by atoms with van der Waals surface area (Å²) in [7, 11) is 0. The molecule has 2 aliphatic rings. The normalized spacial score (nSPS) is 15.5. The second kappa shape index (κ2) is 7.20. The maximum atomic E-state index is 10.5. The van der Waals surface area contributed by atoms with Gasteiger partial charge in [-0.1, -0.05) is 34.1 Å². The summed E-state index contributed by atoms with van der Waals surface area (Å²) in [6.07, 6.45) is 0. The van der Waals surface area contributed by atoms with Crippen molar-refractivity contribution in [2.24, 2.45) is 0 Å². The van der Waals surface area contributed by atoms with Crippen LogP contribution in [-0.4, -0.2) is 34.2 Å². The number of aliphatic hydroxyl groups is 1. The molecule has 146 valence electrons. The molecule has 0 saturated carbocycles. The second-order valence-corrected chi connectivity index (χ2v) is 8.53. The van der Waals surface area contributed by atoms with E-state index in [1.54, 1.807) is 0 Å². The summed E-state index contributed by atoms with van der Waals surface area (Å²) >= 11 is 4.87. The molecule has 2 aromatic carbocycles. The summed E-state index contributed by atoms with van der Waals surface area (Å²) in [5.41, 5.74) is 3.32. The van der Waals surface area contributed by atoms with E-state index in [2.05, 4.69) is 20.9 Å². The van der Waals surface area contributed by atoms with E-state index >= 15 is 0 Å². The summed E-state index contributed by atoms with van der Waals surface area (Å²) in [5.74, 6) is 1.89. The molecule has 1 aromatic heterocycles. The third kappa shape index (κ3) is 3.38. The van der Waals surface area contributed by atoms with Gasteiger partial charge in [0.25, 0.3) is 0 Å². The van der Waals surface area contributed by atoms with E-state index in [0.29, 0.717) is 22.9 Å². The number of halogens is 1. The first kappa shape index (κ1) is 18.2. The first-order valence-corrected chi connectivity index (χ1v) is 10.6. The SMILES string of the molecule is N=C1C(c2nc(-c3ccc(Br)cc3)cs2)=C(O)CN1Cc1ccc2c(c1)OCO2. The van der Waals surface area contributed by atoms with Crippen LogP contribution in [0.2, 0.25) is 0 Å². The molecule has 29 heavy (non-hydrogen) atoms. The van der Waals surface area contributed by atoms with Crippen molar-refractivity contribution in [1.29, 1.82) is 5.41 Å². The minimum atomic E-state index is 0.174. The highest BCUT2D eigenvalue weighted by Gasteiger charge is 2.30. The number of fused-ring (bicyclic) bond motifs is 1. The molecule has 0 fully saturated rings. The number of benzene rings is 2. The minimum Gasteiger partial charge on any atom is -0.510 e. The molecule has 5 rings (SSSR count). The molecule has 0 spiro atoms. The number of nitrogens with one attached hydrogen (secondary N) is 1. The standard InChI is InChI=1S/C21H16BrN3O3S/c22-14-4-2-13(3-5-14)15-10-29-21(24-15)19-16(26)9-25(20(19)23)8-12-1-6-17-18(7-12)28-11-27-17/h1-7,10,23,26H,8-9,11H2. The maximum Gasteiger partial charge on any atom is 0.231 e. The van der Waals surface area contributed by atoms with Crippen LogP contribution in [0.15, 0.2) is 58.1 Å². The van der Waals surface area contributed by atoms with Crippen molar-refractivity contribution < 1.29 is 14.6 Å². The monoisotopic (exact) mass is 469 g/mol. The van der Waals surface area contributed by atoms with Crippen LogP contribution in [-0.2, 0) is 6.54 Å². The van der Waals surface area contributed by atoms with Crippen LogP contribution in [0.25, 0.3) is 16.8 Å².